The van der Waals surface area contributed by atoms with Crippen LogP contribution in [0.5, 0.6) is 5.75 Å². The Morgan fingerprint density at radius 1 is 1.33 bits per heavy atom. The first kappa shape index (κ1) is 11.5. The number of ether oxygens (including phenoxy) is 1. The molecular weight excluding hydrogens is 188 g/mol. The number of nitrogens with zero attached hydrogens (tertiary/aromatic N) is 2. The maximum absolute atomic E-state index is 8.65. The van der Waals surface area contributed by atoms with Crippen molar-refractivity contribution in [3.8, 4) is 11.8 Å². The SMILES string of the molecule is CN(C)C(CC#N)COc1ccccc1. The summed E-state index contributed by atoms with van der Waals surface area (Å²) >= 11 is 0. The predicted molar refractivity (Wildman–Crippen MR) is 59.6 cm³/mol. The number of likely N-dealkylation sites (N-methyl/N-ethyl adjacent to an activating group) is 1. The fraction of sp³-hybridized carbons (Fsp3) is 0.417. The van der Waals surface area contributed by atoms with Gasteiger partial charge in [0.25, 0.3) is 0 Å². The Bertz CT molecular complexity index is 316. The van der Waals surface area contributed by atoms with E-state index in [1.165, 1.54) is 0 Å². The highest BCUT2D eigenvalue weighted by Gasteiger charge is 2.11. The molecule has 1 unspecified atom stereocenters. The van der Waals surface area contributed by atoms with E-state index in [4.69, 9.17) is 10.00 Å². The molecule has 0 aromatic heterocycles. The summed E-state index contributed by atoms with van der Waals surface area (Å²) in [4.78, 5) is 2.01. The standard InChI is InChI=1S/C12H16N2O/c1-14(2)11(8-9-13)10-15-12-6-4-3-5-7-12/h3-7,11H,8,10H2,1-2H3. The minimum absolute atomic E-state index is 0.148. The van der Waals surface area contributed by atoms with Crippen LogP contribution in [-0.4, -0.2) is 31.6 Å². The lowest BCUT2D eigenvalue weighted by Crippen LogP contribution is -2.33. The van der Waals surface area contributed by atoms with Gasteiger partial charge in [-0.25, -0.2) is 0 Å². The second-order valence-corrected chi connectivity index (χ2v) is 3.60. The molecular formula is C12H16N2O. The van der Waals surface area contributed by atoms with E-state index in [9.17, 15) is 0 Å². The van der Waals surface area contributed by atoms with Crippen LogP contribution in [-0.2, 0) is 0 Å². The largest absolute Gasteiger partial charge is 0.492 e. The van der Waals surface area contributed by atoms with Crippen molar-refractivity contribution < 1.29 is 4.74 Å². The first-order valence-corrected chi connectivity index (χ1v) is 4.95. The van der Waals surface area contributed by atoms with Gasteiger partial charge in [-0.05, 0) is 26.2 Å². The summed E-state index contributed by atoms with van der Waals surface area (Å²) < 4.78 is 5.59. The second-order valence-electron chi connectivity index (χ2n) is 3.60. The molecule has 0 spiro atoms. The lowest BCUT2D eigenvalue weighted by molar-refractivity contribution is 0.188. The first-order valence-electron chi connectivity index (χ1n) is 4.95. The topological polar surface area (TPSA) is 36.3 Å². The van der Waals surface area contributed by atoms with E-state index in [2.05, 4.69) is 6.07 Å². The molecule has 0 amide bonds. The normalized spacial score (nSPS) is 12.1. The zero-order valence-corrected chi connectivity index (χ0v) is 9.18. The molecule has 0 fully saturated rings. The van der Waals surface area contributed by atoms with Crippen LogP contribution in [0.4, 0.5) is 0 Å². The highest BCUT2D eigenvalue weighted by Crippen LogP contribution is 2.10. The lowest BCUT2D eigenvalue weighted by Gasteiger charge is -2.21. The van der Waals surface area contributed by atoms with Crippen molar-refractivity contribution in [3.63, 3.8) is 0 Å². The molecule has 0 radical (unpaired) electrons. The van der Waals surface area contributed by atoms with Gasteiger partial charge in [0.2, 0.25) is 0 Å². The van der Waals surface area contributed by atoms with E-state index >= 15 is 0 Å². The molecule has 1 aromatic rings. The van der Waals surface area contributed by atoms with Gasteiger partial charge in [0, 0.05) is 0 Å². The number of rotatable bonds is 5. The minimum Gasteiger partial charge on any atom is -0.492 e. The van der Waals surface area contributed by atoms with Crippen molar-refractivity contribution in [3.05, 3.63) is 30.3 Å². The molecule has 0 aliphatic rings. The summed E-state index contributed by atoms with van der Waals surface area (Å²) in [6.07, 6.45) is 0.486. The van der Waals surface area contributed by atoms with Gasteiger partial charge in [-0.15, -0.1) is 0 Å². The quantitative estimate of drug-likeness (QED) is 0.735. The monoisotopic (exact) mass is 204 g/mol. The Hall–Kier alpha value is -1.53. The number of nitriles is 1. The fourth-order valence-electron chi connectivity index (χ4n) is 1.21. The van der Waals surface area contributed by atoms with Crippen LogP contribution in [0.1, 0.15) is 6.42 Å². The average molecular weight is 204 g/mol. The smallest absolute Gasteiger partial charge is 0.119 e. The van der Waals surface area contributed by atoms with E-state index in [0.29, 0.717) is 13.0 Å². The van der Waals surface area contributed by atoms with Gasteiger partial charge in [0.05, 0.1) is 18.5 Å². The van der Waals surface area contributed by atoms with Crippen LogP contribution in [0.15, 0.2) is 30.3 Å². The number of hydrogen-bond acceptors (Lipinski definition) is 3. The van der Waals surface area contributed by atoms with Crippen LogP contribution >= 0.6 is 0 Å². The van der Waals surface area contributed by atoms with Crippen LogP contribution in [0.2, 0.25) is 0 Å². The van der Waals surface area contributed by atoms with Crippen LogP contribution in [0.3, 0.4) is 0 Å². The first-order chi connectivity index (χ1) is 7.24. The Labute approximate surface area is 90.9 Å². The van der Waals surface area contributed by atoms with Crippen LogP contribution in [0.25, 0.3) is 0 Å². The molecule has 0 saturated carbocycles. The van der Waals surface area contributed by atoms with Crippen LogP contribution < -0.4 is 4.74 Å². The number of para-hydroxylation sites is 1. The van der Waals surface area contributed by atoms with Crippen LogP contribution in [0, 0.1) is 11.3 Å². The van der Waals surface area contributed by atoms with Crippen molar-refractivity contribution in [2.45, 2.75) is 12.5 Å². The van der Waals surface area contributed by atoms with Gasteiger partial charge >= 0.3 is 0 Å². The maximum Gasteiger partial charge on any atom is 0.119 e. The maximum atomic E-state index is 8.65. The summed E-state index contributed by atoms with van der Waals surface area (Å²) in [6, 6.07) is 12.0. The summed E-state index contributed by atoms with van der Waals surface area (Å²) in [5.74, 6) is 0.849. The highest BCUT2D eigenvalue weighted by molar-refractivity contribution is 5.20. The van der Waals surface area contributed by atoms with Gasteiger partial charge < -0.3 is 9.64 Å². The summed E-state index contributed by atoms with van der Waals surface area (Å²) in [6.45, 7) is 0.546. The zero-order valence-electron chi connectivity index (χ0n) is 9.18. The molecule has 0 aliphatic heterocycles. The van der Waals surface area contributed by atoms with Crippen molar-refractivity contribution in [2.24, 2.45) is 0 Å². The summed E-state index contributed by atoms with van der Waals surface area (Å²) in [7, 11) is 3.91. The van der Waals surface area contributed by atoms with Gasteiger partial charge in [0.15, 0.2) is 0 Å². The fourth-order valence-corrected chi connectivity index (χ4v) is 1.21. The average Bonchev–Trinajstić information content (AvgIpc) is 2.25. The van der Waals surface area contributed by atoms with Gasteiger partial charge in [0.1, 0.15) is 12.4 Å². The van der Waals surface area contributed by atoms with E-state index in [1.54, 1.807) is 0 Å². The van der Waals surface area contributed by atoms with Gasteiger partial charge in [-0.1, -0.05) is 18.2 Å². The molecule has 0 N–H and O–H groups in total. The van der Waals surface area contributed by atoms with E-state index in [-0.39, 0.29) is 6.04 Å². The van der Waals surface area contributed by atoms with E-state index in [0.717, 1.165) is 5.75 Å². The summed E-state index contributed by atoms with van der Waals surface area (Å²) in [5, 5.41) is 8.65. The predicted octanol–water partition coefficient (Wildman–Crippen LogP) is 1.91. The third kappa shape index (κ3) is 4.01. The molecule has 3 heteroatoms. The molecule has 3 nitrogen and oxygen atoms in total. The van der Waals surface area contributed by atoms with E-state index < -0.39 is 0 Å². The zero-order chi connectivity index (χ0) is 11.1. The summed E-state index contributed by atoms with van der Waals surface area (Å²) in [5.41, 5.74) is 0. The Morgan fingerprint density at radius 2 is 2.00 bits per heavy atom. The number of hydrogen-bond donors (Lipinski definition) is 0. The molecule has 0 heterocycles. The third-order valence-corrected chi connectivity index (χ3v) is 2.24. The molecule has 15 heavy (non-hydrogen) atoms. The Kier molecular flexibility index (Phi) is 4.65. The van der Waals surface area contributed by atoms with Gasteiger partial charge in [-0.2, -0.15) is 5.26 Å². The van der Waals surface area contributed by atoms with Crippen molar-refractivity contribution >= 4 is 0 Å². The minimum atomic E-state index is 0.148. The molecule has 0 saturated heterocycles. The highest BCUT2D eigenvalue weighted by atomic mass is 16.5. The van der Waals surface area contributed by atoms with Crippen molar-refractivity contribution in [1.82, 2.24) is 4.90 Å². The second kappa shape index (κ2) is 6.05. The van der Waals surface area contributed by atoms with E-state index in [1.807, 2.05) is 49.3 Å². The third-order valence-electron chi connectivity index (χ3n) is 2.24. The molecule has 0 bridgehead atoms. The molecule has 1 aromatic carbocycles. The lowest BCUT2D eigenvalue weighted by atomic mass is 10.2. The van der Waals surface area contributed by atoms with Gasteiger partial charge in [-0.3, -0.25) is 0 Å². The Morgan fingerprint density at radius 3 is 2.53 bits per heavy atom. The van der Waals surface area contributed by atoms with Crippen molar-refractivity contribution in [2.75, 3.05) is 20.7 Å². The molecule has 1 rings (SSSR count). The molecule has 80 valence electrons. The molecule has 0 aliphatic carbocycles. The Balaban J connectivity index is 2.44. The van der Waals surface area contributed by atoms with Crippen molar-refractivity contribution in [1.29, 1.82) is 5.26 Å². The number of benzene rings is 1. The molecule has 1 atom stereocenters.